The summed E-state index contributed by atoms with van der Waals surface area (Å²) in [5, 5.41) is 0. The van der Waals surface area contributed by atoms with Crippen LogP contribution in [-0.4, -0.2) is 31.0 Å². The Morgan fingerprint density at radius 1 is 0.516 bits per heavy atom. The van der Waals surface area contributed by atoms with Crippen LogP contribution in [0.5, 0.6) is 0 Å². The molecule has 0 amide bonds. The zero-order valence-corrected chi connectivity index (χ0v) is 21.4. The van der Waals surface area contributed by atoms with Gasteiger partial charge in [0.2, 0.25) is 0 Å². The highest BCUT2D eigenvalue weighted by atomic mass is 16.0. The number of unbranched alkanes of at least 4 members (excludes halogenated alkanes) is 17. The van der Waals surface area contributed by atoms with E-state index in [-0.39, 0.29) is 5.48 Å². The fraction of sp³-hybridized carbons (Fsp3) is 0.793. The molecule has 182 valence electrons. The molecular formula is C29H55NO. The van der Waals surface area contributed by atoms with E-state index in [1.54, 1.807) is 5.56 Å². The van der Waals surface area contributed by atoms with E-state index in [0.717, 1.165) is 0 Å². The monoisotopic (exact) mass is 433 g/mol. The Labute approximate surface area is 195 Å². The van der Waals surface area contributed by atoms with Gasteiger partial charge in [0.1, 0.15) is 0 Å². The Bertz CT molecular complexity index is 485. The van der Waals surface area contributed by atoms with E-state index in [4.69, 9.17) is 0 Å². The van der Waals surface area contributed by atoms with Gasteiger partial charge in [0.05, 0.1) is 0 Å². The van der Waals surface area contributed by atoms with E-state index in [0.29, 0.717) is 0 Å². The Morgan fingerprint density at radius 2 is 0.871 bits per heavy atom. The topological polar surface area (TPSA) is 34.7 Å². The molecule has 0 unspecified atom stereocenters. The number of nitrogens with zero attached hydrogens (tertiary/aromatic N) is 1. The average Bonchev–Trinajstić information content (AvgIpc) is 2.73. The summed E-state index contributed by atoms with van der Waals surface area (Å²) in [5.74, 6) is 0. The molecule has 0 saturated heterocycles. The lowest BCUT2D eigenvalue weighted by molar-refractivity contribution is 0.389. The largest absolute Gasteiger partial charge is 0.412 e. The third-order valence-corrected chi connectivity index (χ3v) is 6.56. The summed E-state index contributed by atoms with van der Waals surface area (Å²) >= 11 is 0. The molecule has 2 N–H and O–H groups in total. The first kappa shape index (κ1) is 30.1. The van der Waals surface area contributed by atoms with Gasteiger partial charge in [-0.05, 0) is 58.0 Å². The smallest absolute Gasteiger partial charge is 0.00248 e. The van der Waals surface area contributed by atoms with Crippen LogP contribution in [-0.2, 0) is 6.42 Å². The summed E-state index contributed by atoms with van der Waals surface area (Å²) in [7, 11) is 4.35. The molecule has 1 rings (SSSR count). The molecular weight excluding hydrogens is 378 g/mol. The second kappa shape index (κ2) is 22.3. The maximum absolute atomic E-state index is 2.30. The molecule has 0 fully saturated rings. The lowest BCUT2D eigenvalue weighted by atomic mass is 10.0. The zero-order valence-electron chi connectivity index (χ0n) is 21.4. The predicted molar refractivity (Wildman–Crippen MR) is 140 cm³/mol. The zero-order chi connectivity index (χ0) is 21.7. The van der Waals surface area contributed by atoms with Crippen LogP contribution < -0.4 is 0 Å². The number of hydrogen-bond donors (Lipinski definition) is 0. The Kier molecular flexibility index (Phi) is 21.7. The van der Waals surface area contributed by atoms with Crippen molar-refractivity contribution in [3.8, 4) is 0 Å². The molecule has 0 aliphatic carbocycles. The fourth-order valence-electron chi connectivity index (χ4n) is 4.46. The summed E-state index contributed by atoms with van der Waals surface area (Å²) in [4.78, 5) is 2.30. The standard InChI is InChI=1S/C29H53N.H2O/c1-28-24-21-22-26-29(28)25-20-18-16-14-12-10-8-6-4-5-7-9-11-13-15-17-19-23-27-30(2)3;/h21-22,24,26H,4-20,23,25,27H2,1-3H3;1H2. The van der Waals surface area contributed by atoms with Gasteiger partial charge in [-0.25, -0.2) is 0 Å². The first-order valence-electron chi connectivity index (χ1n) is 13.4. The second-order valence-electron chi connectivity index (χ2n) is 9.84. The molecule has 0 saturated carbocycles. The third kappa shape index (κ3) is 19.5. The first-order chi connectivity index (χ1) is 14.7. The van der Waals surface area contributed by atoms with Crippen LogP contribution >= 0.6 is 0 Å². The molecule has 1 aromatic rings. The van der Waals surface area contributed by atoms with Crippen molar-refractivity contribution in [3.63, 3.8) is 0 Å². The van der Waals surface area contributed by atoms with E-state index in [1.807, 2.05) is 0 Å². The molecule has 1 aromatic carbocycles. The highest BCUT2D eigenvalue weighted by Gasteiger charge is 1.98. The minimum Gasteiger partial charge on any atom is -0.412 e. The van der Waals surface area contributed by atoms with Crippen molar-refractivity contribution in [1.29, 1.82) is 0 Å². The predicted octanol–water partition coefficient (Wildman–Crippen LogP) is 8.30. The number of aryl methyl sites for hydroxylation is 2. The third-order valence-electron chi connectivity index (χ3n) is 6.56. The van der Waals surface area contributed by atoms with E-state index in [9.17, 15) is 0 Å². The second-order valence-corrected chi connectivity index (χ2v) is 9.84. The van der Waals surface area contributed by atoms with Crippen molar-refractivity contribution >= 4 is 0 Å². The van der Waals surface area contributed by atoms with Crippen molar-refractivity contribution in [2.45, 2.75) is 129 Å². The van der Waals surface area contributed by atoms with Crippen LogP contribution in [0, 0.1) is 6.92 Å². The van der Waals surface area contributed by atoms with Gasteiger partial charge in [-0.2, -0.15) is 0 Å². The molecule has 0 radical (unpaired) electrons. The van der Waals surface area contributed by atoms with Crippen LogP contribution in [0.4, 0.5) is 0 Å². The van der Waals surface area contributed by atoms with Gasteiger partial charge < -0.3 is 10.4 Å². The SMILES string of the molecule is Cc1ccccc1CCCCCCCCCCCCCCCCCCCCN(C)C.O. The van der Waals surface area contributed by atoms with E-state index in [1.165, 1.54) is 134 Å². The number of rotatable bonds is 21. The van der Waals surface area contributed by atoms with Crippen molar-refractivity contribution < 1.29 is 5.48 Å². The summed E-state index contributed by atoms with van der Waals surface area (Å²) in [5.41, 5.74) is 3.01. The van der Waals surface area contributed by atoms with Gasteiger partial charge in [-0.3, -0.25) is 0 Å². The fourth-order valence-corrected chi connectivity index (χ4v) is 4.46. The molecule has 0 atom stereocenters. The highest BCUT2D eigenvalue weighted by molar-refractivity contribution is 5.25. The highest BCUT2D eigenvalue weighted by Crippen LogP contribution is 2.16. The van der Waals surface area contributed by atoms with Gasteiger partial charge in [0.25, 0.3) is 0 Å². The van der Waals surface area contributed by atoms with Gasteiger partial charge in [-0.1, -0.05) is 127 Å². The number of benzene rings is 1. The molecule has 2 heteroatoms. The maximum Gasteiger partial charge on any atom is -0.00248 e. The molecule has 2 nitrogen and oxygen atoms in total. The Morgan fingerprint density at radius 3 is 1.26 bits per heavy atom. The van der Waals surface area contributed by atoms with Gasteiger partial charge in [-0.15, -0.1) is 0 Å². The molecule has 0 aliphatic heterocycles. The number of hydrogen-bond acceptors (Lipinski definition) is 1. The minimum absolute atomic E-state index is 0. The van der Waals surface area contributed by atoms with Gasteiger partial charge in [0, 0.05) is 0 Å². The normalized spacial score (nSPS) is 11.1. The first-order valence-corrected chi connectivity index (χ1v) is 13.4. The summed E-state index contributed by atoms with van der Waals surface area (Å²) in [6.07, 6.45) is 27.3. The summed E-state index contributed by atoms with van der Waals surface area (Å²) in [6, 6.07) is 8.86. The van der Waals surface area contributed by atoms with Crippen molar-refractivity contribution in [2.75, 3.05) is 20.6 Å². The van der Waals surface area contributed by atoms with E-state index >= 15 is 0 Å². The average molecular weight is 434 g/mol. The van der Waals surface area contributed by atoms with Crippen LogP contribution in [0.15, 0.2) is 24.3 Å². The molecule has 0 aromatic heterocycles. The quantitative estimate of drug-likeness (QED) is 0.179. The Balaban J connectivity index is 0.00000900. The van der Waals surface area contributed by atoms with Gasteiger partial charge >= 0.3 is 0 Å². The molecule has 0 spiro atoms. The minimum atomic E-state index is 0. The van der Waals surface area contributed by atoms with Crippen LogP contribution in [0.3, 0.4) is 0 Å². The lowest BCUT2D eigenvalue weighted by Gasteiger charge is -2.08. The maximum atomic E-state index is 2.30. The van der Waals surface area contributed by atoms with Gasteiger partial charge in [0.15, 0.2) is 0 Å². The van der Waals surface area contributed by atoms with Crippen molar-refractivity contribution in [1.82, 2.24) is 4.90 Å². The van der Waals surface area contributed by atoms with Crippen molar-refractivity contribution in [3.05, 3.63) is 35.4 Å². The molecule has 0 bridgehead atoms. The lowest BCUT2D eigenvalue weighted by Crippen LogP contribution is -2.12. The summed E-state index contributed by atoms with van der Waals surface area (Å²) < 4.78 is 0. The molecule has 31 heavy (non-hydrogen) atoms. The molecule has 0 heterocycles. The van der Waals surface area contributed by atoms with Crippen molar-refractivity contribution in [2.24, 2.45) is 0 Å². The summed E-state index contributed by atoms with van der Waals surface area (Å²) in [6.45, 7) is 3.50. The van der Waals surface area contributed by atoms with E-state index < -0.39 is 0 Å². The Hall–Kier alpha value is -0.860. The van der Waals surface area contributed by atoms with Crippen LogP contribution in [0.25, 0.3) is 0 Å². The van der Waals surface area contributed by atoms with Crippen LogP contribution in [0.2, 0.25) is 0 Å². The van der Waals surface area contributed by atoms with Crippen LogP contribution in [0.1, 0.15) is 127 Å². The molecule has 0 aliphatic rings. The van der Waals surface area contributed by atoms with E-state index in [2.05, 4.69) is 50.2 Å².